The number of halogens is 1. The number of aromatic nitrogens is 5. The summed E-state index contributed by atoms with van der Waals surface area (Å²) in [5.74, 6) is 0.713. The van der Waals surface area contributed by atoms with Gasteiger partial charge in [0.05, 0.1) is 6.20 Å². The molecule has 0 saturated heterocycles. The fraction of sp³-hybridized carbons (Fsp3) is 0. The van der Waals surface area contributed by atoms with E-state index >= 15 is 0 Å². The maximum Gasteiger partial charge on any atom is 0.187 e. The van der Waals surface area contributed by atoms with E-state index in [0.717, 1.165) is 10.2 Å². The van der Waals surface area contributed by atoms with Crippen molar-refractivity contribution < 1.29 is 0 Å². The van der Waals surface area contributed by atoms with E-state index in [1.54, 1.807) is 18.6 Å². The summed E-state index contributed by atoms with van der Waals surface area (Å²) < 4.78 is 2.79. The first-order chi connectivity index (χ1) is 7.84. The van der Waals surface area contributed by atoms with Crippen LogP contribution in [0.4, 0.5) is 0 Å². The Morgan fingerprint density at radius 3 is 2.88 bits per heavy atom. The molecule has 0 aliphatic rings. The number of rotatable bonds is 1. The van der Waals surface area contributed by atoms with Crippen LogP contribution in [0.1, 0.15) is 0 Å². The van der Waals surface area contributed by atoms with Gasteiger partial charge < -0.3 is 0 Å². The lowest BCUT2D eigenvalue weighted by Crippen LogP contribution is -1.91. The number of hydrogen-bond acceptors (Lipinski definition) is 4. The first-order valence-electron chi connectivity index (χ1n) is 4.61. The molecular weight excluding hydrogens is 270 g/mol. The fourth-order valence-electron chi connectivity index (χ4n) is 1.44. The monoisotopic (exact) mass is 275 g/mol. The minimum Gasteiger partial charge on any atom is -0.278 e. The highest BCUT2D eigenvalue weighted by atomic mass is 79.9. The molecule has 3 heterocycles. The lowest BCUT2D eigenvalue weighted by molar-refractivity contribution is 1.08. The predicted octanol–water partition coefficient (Wildman–Crippen LogP) is 1.95. The molecule has 5 nitrogen and oxygen atoms in total. The molecule has 0 aromatic carbocycles. The molecule has 0 fully saturated rings. The highest BCUT2D eigenvalue weighted by Crippen LogP contribution is 2.17. The van der Waals surface area contributed by atoms with Gasteiger partial charge in [-0.1, -0.05) is 0 Å². The predicted molar refractivity (Wildman–Crippen MR) is 61.7 cm³/mol. The Labute approximate surface area is 99.3 Å². The SMILES string of the molecule is Brc1ccc(-c2nnc3cnccn23)nc1. The van der Waals surface area contributed by atoms with Crippen molar-refractivity contribution in [1.82, 2.24) is 24.6 Å². The van der Waals surface area contributed by atoms with Gasteiger partial charge in [0, 0.05) is 23.1 Å². The molecule has 0 amide bonds. The van der Waals surface area contributed by atoms with Crippen LogP contribution in [0.5, 0.6) is 0 Å². The van der Waals surface area contributed by atoms with Crippen molar-refractivity contribution in [2.75, 3.05) is 0 Å². The van der Waals surface area contributed by atoms with E-state index < -0.39 is 0 Å². The molecule has 3 rings (SSSR count). The minimum absolute atomic E-state index is 0.710. The minimum atomic E-state index is 0.710. The highest BCUT2D eigenvalue weighted by molar-refractivity contribution is 9.10. The zero-order valence-corrected chi connectivity index (χ0v) is 9.66. The van der Waals surface area contributed by atoms with Crippen LogP contribution in [-0.2, 0) is 0 Å². The van der Waals surface area contributed by atoms with Crippen LogP contribution >= 0.6 is 15.9 Å². The van der Waals surface area contributed by atoms with Gasteiger partial charge in [0.25, 0.3) is 0 Å². The summed E-state index contributed by atoms with van der Waals surface area (Å²) in [6.07, 6.45) is 6.90. The summed E-state index contributed by atoms with van der Waals surface area (Å²) in [6.45, 7) is 0. The van der Waals surface area contributed by atoms with Gasteiger partial charge in [0.1, 0.15) is 5.69 Å². The molecule has 0 N–H and O–H groups in total. The Morgan fingerprint density at radius 1 is 1.12 bits per heavy atom. The van der Waals surface area contributed by atoms with E-state index in [9.17, 15) is 0 Å². The van der Waals surface area contributed by atoms with Gasteiger partial charge in [-0.25, -0.2) is 0 Å². The van der Waals surface area contributed by atoms with Gasteiger partial charge in [-0.3, -0.25) is 14.4 Å². The maximum atomic E-state index is 4.28. The van der Waals surface area contributed by atoms with E-state index in [1.807, 2.05) is 22.7 Å². The molecule has 6 heteroatoms. The average molecular weight is 276 g/mol. The highest BCUT2D eigenvalue weighted by Gasteiger charge is 2.08. The van der Waals surface area contributed by atoms with Gasteiger partial charge in [-0.05, 0) is 28.1 Å². The Morgan fingerprint density at radius 2 is 2.06 bits per heavy atom. The molecule has 0 radical (unpaired) electrons. The third-order valence-corrected chi connectivity index (χ3v) is 2.64. The molecule has 0 atom stereocenters. The van der Waals surface area contributed by atoms with Crippen molar-refractivity contribution in [3.63, 3.8) is 0 Å². The van der Waals surface area contributed by atoms with Crippen LogP contribution in [0.25, 0.3) is 17.2 Å². The summed E-state index contributed by atoms with van der Waals surface area (Å²) in [5.41, 5.74) is 1.49. The smallest absolute Gasteiger partial charge is 0.187 e. The normalized spacial score (nSPS) is 10.8. The van der Waals surface area contributed by atoms with Crippen LogP contribution in [0.2, 0.25) is 0 Å². The molecule has 16 heavy (non-hydrogen) atoms. The summed E-state index contributed by atoms with van der Waals surface area (Å²) in [7, 11) is 0. The largest absolute Gasteiger partial charge is 0.278 e. The van der Waals surface area contributed by atoms with Crippen LogP contribution in [0.15, 0.2) is 41.4 Å². The molecule has 0 aliphatic heterocycles. The van der Waals surface area contributed by atoms with Crippen molar-refractivity contribution in [1.29, 1.82) is 0 Å². The Kier molecular flexibility index (Phi) is 2.14. The van der Waals surface area contributed by atoms with E-state index in [0.29, 0.717) is 11.5 Å². The Balaban J connectivity index is 2.22. The lowest BCUT2D eigenvalue weighted by atomic mass is 10.3. The fourth-order valence-corrected chi connectivity index (χ4v) is 1.67. The summed E-state index contributed by atoms with van der Waals surface area (Å²) in [5, 5.41) is 8.11. The van der Waals surface area contributed by atoms with Crippen molar-refractivity contribution in [3.8, 4) is 11.5 Å². The van der Waals surface area contributed by atoms with E-state index in [2.05, 4.69) is 36.1 Å². The number of fused-ring (bicyclic) bond motifs is 1. The van der Waals surface area contributed by atoms with Crippen molar-refractivity contribution in [2.45, 2.75) is 0 Å². The molecule has 78 valence electrons. The summed E-state index contributed by atoms with van der Waals surface area (Å²) >= 11 is 3.34. The third-order valence-electron chi connectivity index (χ3n) is 2.17. The van der Waals surface area contributed by atoms with E-state index in [-0.39, 0.29) is 0 Å². The van der Waals surface area contributed by atoms with Crippen LogP contribution in [0.3, 0.4) is 0 Å². The number of nitrogens with zero attached hydrogens (tertiary/aromatic N) is 5. The van der Waals surface area contributed by atoms with Crippen molar-refractivity contribution in [2.24, 2.45) is 0 Å². The number of hydrogen-bond donors (Lipinski definition) is 0. The second-order valence-corrected chi connectivity index (χ2v) is 4.11. The van der Waals surface area contributed by atoms with E-state index in [1.165, 1.54) is 0 Å². The number of pyridine rings is 1. The molecule has 0 bridgehead atoms. The zero-order valence-electron chi connectivity index (χ0n) is 8.08. The molecule has 0 aliphatic carbocycles. The lowest BCUT2D eigenvalue weighted by Gasteiger charge is -1.98. The second-order valence-electron chi connectivity index (χ2n) is 3.19. The van der Waals surface area contributed by atoms with Crippen LogP contribution in [-0.4, -0.2) is 24.6 Å². The average Bonchev–Trinajstić information content (AvgIpc) is 2.74. The summed E-state index contributed by atoms with van der Waals surface area (Å²) in [4.78, 5) is 8.26. The molecule has 3 aromatic heterocycles. The third kappa shape index (κ3) is 1.47. The van der Waals surface area contributed by atoms with Gasteiger partial charge in [-0.15, -0.1) is 10.2 Å². The zero-order chi connectivity index (χ0) is 11.0. The molecule has 0 unspecified atom stereocenters. The molecule has 3 aromatic rings. The first kappa shape index (κ1) is 9.41. The standard InChI is InChI=1S/C10H6BrN5/c11-7-1-2-8(13-5-7)10-15-14-9-6-12-3-4-16(9)10/h1-6H. The van der Waals surface area contributed by atoms with Gasteiger partial charge >= 0.3 is 0 Å². The van der Waals surface area contributed by atoms with Crippen molar-refractivity contribution >= 4 is 21.6 Å². The van der Waals surface area contributed by atoms with Gasteiger partial charge in [0.15, 0.2) is 11.5 Å². The van der Waals surface area contributed by atoms with Crippen LogP contribution < -0.4 is 0 Å². The maximum absolute atomic E-state index is 4.28. The van der Waals surface area contributed by atoms with Crippen molar-refractivity contribution in [3.05, 3.63) is 41.4 Å². The van der Waals surface area contributed by atoms with Crippen LogP contribution in [0, 0.1) is 0 Å². The van der Waals surface area contributed by atoms with Gasteiger partial charge in [0.2, 0.25) is 0 Å². The first-order valence-corrected chi connectivity index (χ1v) is 5.40. The van der Waals surface area contributed by atoms with Gasteiger partial charge in [-0.2, -0.15) is 0 Å². The second kappa shape index (κ2) is 3.64. The summed E-state index contributed by atoms with van der Waals surface area (Å²) in [6, 6.07) is 3.81. The quantitative estimate of drug-likeness (QED) is 0.681. The molecule has 0 saturated carbocycles. The topological polar surface area (TPSA) is 56.0 Å². The molecular formula is C10H6BrN5. The Hall–Kier alpha value is -1.82. The Bertz CT molecular complexity index is 631. The molecule has 0 spiro atoms. The van der Waals surface area contributed by atoms with E-state index in [4.69, 9.17) is 0 Å².